The molecule has 17 nitrogen and oxygen atoms in total. The van der Waals surface area contributed by atoms with Gasteiger partial charge < -0.3 is 33.8 Å². The van der Waals surface area contributed by atoms with Gasteiger partial charge in [-0.15, -0.1) is 0 Å². The van der Waals surface area contributed by atoms with Gasteiger partial charge in [0.15, 0.2) is 12.2 Å². The predicted molar refractivity (Wildman–Crippen MR) is 381 cm³/mol. The number of hydrogen-bond donors (Lipinski definition) is 3. The molecule has 0 aliphatic carbocycles. The zero-order valence-corrected chi connectivity index (χ0v) is 62.7. The molecule has 0 rings (SSSR count). The molecule has 0 bridgehead atoms. The third-order valence-corrected chi connectivity index (χ3v) is 19.0. The first-order chi connectivity index (χ1) is 45.3. The van der Waals surface area contributed by atoms with Crippen LogP contribution in [0.5, 0.6) is 0 Å². The number of phosphoric acid groups is 2. The topological polar surface area (TPSA) is 237 Å². The van der Waals surface area contributed by atoms with Gasteiger partial charge >= 0.3 is 39.5 Å². The molecule has 0 amide bonds. The van der Waals surface area contributed by atoms with E-state index in [0.717, 1.165) is 127 Å². The van der Waals surface area contributed by atoms with Crippen molar-refractivity contribution in [1.82, 2.24) is 0 Å². The van der Waals surface area contributed by atoms with Crippen molar-refractivity contribution in [3.05, 3.63) is 24.3 Å². The van der Waals surface area contributed by atoms with E-state index < -0.39 is 97.5 Å². The number of aliphatic hydroxyl groups is 1. The minimum Gasteiger partial charge on any atom is -0.462 e. The Hall–Kier alpha value is -2.46. The molecule has 0 fully saturated rings. The van der Waals surface area contributed by atoms with E-state index in [4.69, 9.17) is 37.0 Å². The van der Waals surface area contributed by atoms with E-state index >= 15 is 0 Å². The lowest BCUT2D eigenvalue weighted by Gasteiger charge is -2.21. The third kappa shape index (κ3) is 66.8. The maximum absolute atomic E-state index is 13.1. The van der Waals surface area contributed by atoms with E-state index in [1.54, 1.807) is 0 Å². The number of carbonyl (C=O) groups is 4. The summed E-state index contributed by atoms with van der Waals surface area (Å²) in [5, 5.41) is 10.6. The zero-order chi connectivity index (χ0) is 69.4. The van der Waals surface area contributed by atoms with Crippen LogP contribution in [0.3, 0.4) is 0 Å². The second-order valence-corrected chi connectivity index (χ2v) is 30.5. The highest BCUT2D eigenvalue weighted by Crippen LogP contribution is 2.45. The van der Waals surface area contributed by atoms with Crippen molar-refractivity contribution in [1.29, 1.82) is 0 Å². The molecule has 0 radical (unpaired) electrons. The second kappa shape index (κ2) is 65.2. The SMILES string of the molecule is CCCCCC/C=C\C=C/CCCCCCCC(=O)OC[C@H](COP(=O)(O)OCC(O)COP(=O)(O)OC[C@@H](COC(=O)CCCCCCCCCC(C)C)OC(=O)CCCCCCCCCCCCC(C)CC)OC(=O)CCCCCCCCCCCCCCC(C)C. The minimum atomic E-state index is -4.96. The summed E-state index contributed by atoms with van der Waals surface area (Å²) in [5.41, 5.74) is 0. The maximum atomic E-state index is 13.1. The fourth-order valence-corrected chi connectivity index (χ4v) is 12.4. The largest absolute Gasteiger partial charge is 0.472 e. The number of rotatable bonds is 71. The molecule has 4 unspecified atom stereocenters. The standard InChI is InChI=1S/C75H142O17P2/c1-8-10-11-12-13-14-15-16-17-18-22-28-35-42-49-56-72(77)85-62-70(91-74(79)58-51-44-36-29-23-20-19-21-26-32-39-46-53-66(3)4)64-89-93(81,82)87-60-69(76)61-88-94(83,84)90-65-71(63-86-73(78)57-50-43-38-31-33-40-47-54-67(5)6)92-75(80)59-52-45-37-30-25-24-27-34-41-48-55-68(7)9-2/h14-17,66-71,76H,8-13,18-65H2,1-7H3,(H,81,82)(H,83,84)/b15-14-,17-16-/t68?,69?,70-,71-/m1/s1. The fraction of sp³-hybridized carbons (Fsp3) is 0.893. The summed E-state index contributed by atoms with van der Waals surface area (Å²) >= 11 is 0. The second-order valence-electron chi connectivity index (χ2n) is 27.5. The zero-order valence-electron chi connectivity index (χ0n) is 60.9. The maximum Gasteiger partial charge on any atom is 0.472 e. The van der Waals surface area contributed by atoms with Crippen LogP contribution in [-0.2, 0) is 65.4 Å². The predicted octanol–water partition coefficient (Wildman–Crippen LogP) is 21.3. The quantitative estimate of drug-likeness (QED) is 0.0169. The monoisotopic (exact) mass is 1380 g/mol. The molecule has 0 saturated carbocycles. The number of aliphatic hydroxyl groups excluding tert-OH is 1. The van der Waals surface area contributed by atoms with Gasteiger partial charge in [-0.05, 0) is 69.1 Å². The Kier molecular flexibility index (Phi) is 63.5. The van der Waals surface area contributed by atoms with Gasteiger partial charge in [-0.3, -0.25) is 37.3 Å². The Labute approximate surface area is 573 Å². The summed E-state index contributed by atoms with van der Waals surface area (Å²) in [6.07, 6.45) is 53.5. The summed E-state index contributed by atoms with van der Waals surface area (Å²) in [7, 11) is -9.92. The number of ether oxygens (including phenoxy) is 4. The molecule has 0 spiro atoms. The van der Waals surface area contributed by atoms with Crippen molar-refractivity contribution >= 4 is 39.5 Å². The third-order valence-electron chi connectivity index (χ3n) is 17.1. The Bertz CT molecular complexity index is 1930. The van der Waals surface area contributed by atoms with Crippen LogP contribution in [0.2, 0.25) is 0 Å². The van der Waals surface area contributed by atoms with Crippen LogP contribution in [0, 0.1) is 17.8 Å². The van der Waals surface area contributed by atoms with Crippen LogP contribution in [0.15, 0.2) is 24.3 Å². The minimum absolute atomic E-state index is 0.0995. The first-order valence-electron chi connectivity index (χ1n) is 38.2. The molecule has 0 aliphatic heterocycles. The van der Waals surface area contributed by atoms with Crippen molar-refractivity contribution in [2.24, 2.45) is 17.8 Å². The van der Waals surface area contributed by atoms with Gasteiger partial charge in [0, 0.05) is 25.7 Å². The summed E-state index contributed by atoms with van der Waals surface area (Å²) in [6, 6.07) is 0. The lowest BCUT2D eigenvalue weighted by Crippen LogP contribution is -2.30. The first kappa shape index (κ1) is 91.5. The molecule has 6 atom stereocenters. The van der Waals surface area contributed by atoms with Gasteiger partial charge in [-0.2, -0.15) is 0 Å². The van der Waals surface area contributed by atoms with Crippen molar-refractivity contribution < 1.29 is 80.2 Å². The summed E-state index contributed by atoms with van der Waals surface area (Å²) in [6.45, 7) is 11.8. The highest BCUT2D eigenvalue weighted by molar-refractivity contribution is 7.47. The Morgan fingerprint density at radius 3 is 0.947 bits per heavy atom. The molecular formula is C75H142O17P2. The number of hydrogen-bond acceptors (Lipinski definition) is 15. The molecule has 19 heteroatoms. The molecule has 0 aromatic heterocycles. The van der Waals surface area contributed by atoms with Gasteiger partial charge in [-0.25, -0.2) is 9.13 Å². The van der Waals surface area contributed by atoms with Crippen LogP contribution in [0.1, 0.15) is 357 Å². The van der Waals surface area contributed by atoms with E-state index in [-0.39, 0.29) is 25.7 Å². The van der Waals surface area contributed by atoms with Gasteiger partial charge in [0.1, 0.15) is 19.3 Å². The number of carbonyl (C=O) groups excluding carboxylic acids is 4. The summed E-state index contributed by atoms with van der Waals surface area (Å²) in [4.78, 5) is 72.7. The highest BCUT2D eigenvalue weighted by atomic mass is 31.2. The number of esters is 4. The molecule has 0 heterocycles. The lowest BCUT2D eigenvalue weighted by atomic mass is 9.99. The van der Waals surface area contributed by atoms with E-state index in [2.05, 4.69) is 72.8 Å². The van der Waals surface area contributed by atoms with Crippen LogP contribution in [0.25, 0.3) is 0 Å². The van der Waals surface area contributed by atoms with E-state index in [1.807, 2.05) is 0 Å². The Balaban J connectivity index is 5.30. The van der Waals surface area contributed by atoms with Gasteiger partial charge in [0.25, 0.3) is 0 Å². The molecule has 3 N–H and O–H groups in total. The van der Waals surface area contributed by atoms with Gasteiger partial charge in [0.2, 0.25) is 0 Å². The molecule has 94 heavy (non-hydrogen) atoms. The van der Waals surface area contributed by atoms with Crippen LogP contribution < -0.4 is 0 Å². The van der Waals surface area contributed by atoms with Gasteiger partial charge in [0.05, 0.1) is 26.4 Å². The van der Waals surface area contributed by atoms with Crippen LogP contribution in [0.4, 0.5) is 0 Å². The summed E-state index contributed by atoms with van der Waals surface area (Å²) < 4.78 is 68.4. The average molecular weight is 1380 g/mol. The molecule has 0 saturated heterocycles. The molecule has 0 aromatic carbocycles. The van der Waals surface area contributed by atoms with Crippen molar-refractivity contribution in [3.63, 3.8) is 0 Å². The smallest absolute Gasteiger partial charge is 0.462 e. The molecular weight excluding hydrogens is 1230 g/mol. The van der Waals surface area contributed by atoms with Gasteiger partial charge in [-0.1, -0.05) is 304 Å². The van der Waals surface area contributed by atoms with Crippen molar-refractivity contribution in [2.45, 2.75) is 375 Å². The number of allylic oxidation sites excluding steroid dienone is 4. The van der Waals surface area contributed by atoms with E-state index in [1.165, 1.54) is 141 Å². The number of phosphoric ester groups is 2. The van der Waals surface area contributed by atoms with Crippen molar-refractivity contribution in [2.75, 3.05) is 39.6 Å². The first-order valence-corrected chi connectivity index (χ1v) is 41.2. The Morgan fingerprint density at radius 2 is 0.628 bits per heavy atom. The Morgan fingerprint density at radius 1 is 0.351 bits per heavy atom. The fourth-order valence-electron chi connectivity index (χ4n) is 10.9. The van der Waals surface area contributed by atoms with Crippen LogP contribution in [-0.4, -0.2) is 96.7 Å². The average Bonchev–Trinajstić information content (AvgIpc) is 3.44. The number of unbranched alkanes of at least 4 members (excludes halogenated alkanes) is 35. The molecule has 554 valence electrons. The molecule has 0 aliphatic rings. The van der Waals surface area contributed by atoms with E-state index in [0.29, 0.717) is 31.6 Å². The molecule has 0 aromatic rings. The summed E-state index contributed by atoms with van der Waals surface area (Å²) in [5.74, 6) is 0.129. The highest BCUT2D eigenvalue weighted by Gasteiger charge is 2.30. The van der Waals surface area contributed by atoms with Crippen molar-refractivity contribution in [3.8, 4) is 0 Å². The van der Waals surface area contributed by atoms with Crippen LogP contribution >= 0.6 is 15.6 Å². The normalized spacial score (nSPS) is 14.6. The van der Waals surface area contributed by atoms with E-state index in [9.17, 15) is 43.2 Å². The lowest BCUT2D eigenvalue weighted by molar-refractivity contribution is -0.161.